The van der Waals surface area contributed by atoms with Crippen molar-refractivity contribution < 1.29 is 0 Å². The quantitative estimate of drug-likeness (QED) is 0.529. The number of rotatable bonds is 5. The van der Waals surface area contributed by atoms with Crippen LogP contribution in [0.15, 0.2) is 67.1 Å². The van der Waals surface area contributed by atoms with Crippen LogP contribution in [0.1, 0.15) is 18.4 Å². The topological polar surface area (TPSA) is 24.0 Å². The molecule has 138 valence electrons. The van der Waals surface area contributed by atoms with Crippen LogP contribution in [-0.2, 0) is 13.0 Å². The van der Waals surface area contributed by atoms with Crippen molar-refractivity contribution in [1.82, 2.24) is 14.5 Å². The summed E-state index contributed by atoms with van der Waals surface area (Å²) in [4.78, 5) is 6.04. The van der Waals surface area contributed by atoms with E-state index in [0.29, 0.717) is 0 Å². The molecule has 1 fully saturated rings. The normalized spacial score (nSPS) is 16.4. The molecule has 1 aliphatic rings. The molecule has 3 heteroatoms. The summed E-state index contributed by atoms with van der Waals surface area (Å²) >= 11 is 0. The summed E-state index contributed by atoms with van der Waals surface area (Å²) in [6.07, 6.45) is 10.5. The minimum absolute atomic E-state index is 0.802. The molecule has 0 atom stereocenters. The molecule has 0 amide bonds. The number of nitrogens with zero attached hydrogens (tertiary/aromatic N) is 2. The van der Waals surface area contributed by atoms with Gasteiger partial charge in [0.1, 0.15) is 0 Å². The Kier molecular flexibility index (Phi) is 4.46. The molecule has 0 saturated carbocycles. The summed E-state index contributed by atoms with van der Waals surface area (Å²) in [6.45, 7) is 4.79. The highest BCUT2D eigenvalue weighted by atomic mass is 15.1. The Balaban J connectivity index is 1.14. The minimum Gasteiger partial charge on any atom is -0.361 e. The lowest BCUT2D eigenvalue weighted by molar-refractivity contribution is 0.175. The maximum absolute atomic E-state index is 3.40. The Hall–Kier alpha value is -2.52. The largest absolute Gasteiger partial charge is 0.361 e. The molecule has 0 unspecified atom stereocenters. The maximum Gasteiger partial charge on any atom is 0.0456 e. The van der Waals surface area contributed by atoms with Crippen molar-refractivity contribution in [2.45, 2.75) is 25.8 Å². The van der Waals surface area contributed by atoms with Gasteiger partial charge >= 0.3 is 0 Å². The Bertz CT molecular complexity index is 1000. The van der Waals surface area contributed by atoms with Crippen molar-refractivity contribution in [2.75, 3.05) is 19.6 Å². The molecule has 2 aromatic carbocycles. The molecular formula is C24H27N3. The minimum atomic E-state index is 0.802. The van der Waals surface area contributed by atoms with Crippen LogP contribution in [-0.4, -0.2) is 34.1 Å². The smallest absolute Gasteiger partial charge is 0.0456 e. The van der Waals surface area contributed by atoms with Gasteiger partial charge in [-0.1, -0.05) is 42.5 Å². The average Bonchev–Trinajstić information content (AvgIpc) is 3.31. The van der Waals surface area contributed by atoms with E-state index < -0.39 is 0 Å². The van der Waals surface area contributed by atoms with Gasteiger partial charge in [0, 0.05) is 42.6 Å². The first-order chi connectivity index (χ1) is 13.3. The standard InChI is InChI=1S/C24H27N3/c1-2-6-22-18-27(17-21(22)5-1)16-19-9-12-26(13-10-19)14-11-20-15-25-24-8-4-3-7-23(20)24/h1-8,15,17-19,25H,9-14,16H2. The number of aromatic amines is 1. The summed E-state index contributed by atoms with van der Waals surface area (Å²) in [6, 6.07) is 17.3. The van der Waals surface area contributed by atoms with Crippen molar-refractivity contribution in [3.63, 3.8) is 0 Å². The molecule has 3 nitrogen and oxygen atoms in total. The lowest BCUT2D eigenvalue weighted by Crippen LogP contribution is -2.36. The first-order valence-electron chi connectivity index (χ1n) is 10.2. The summed E-state index contributed by atoms with van der Waals surface area (Å²) in [5.74, 6) is 0.802. The fourth-order valence-corrected chi connectivity index (χ4v) is 4.55. The molecule has 0 spiro atoms. The lowest BCUT2D eigenvalue weighted by Gasteiger charge is -2.32. The highest BCUT2D eigenvalue weighted by molar-refractivity contribution is 5.83. The molecule has 4 aromatic rings. The van der Waals surface area contributed by atoms with E-state index in [1.165, 1.54) is 59.7 Å². The van der Waals surface area contributed by atoms with Crippen LogP contribution in [0.2, 0.25) is 0 Å². The molecule has 0 radical (unpaired) electrons. The number of aromatic nitrogens is 2. The van der Waals surface area contributed by atoms with Crippen molar-refractivity contribution in [3.8, 4) is 0 Å². The predicted molar refractivity (Wildman–Crippen MR) is 113 cm³/mol. The van der Waals surface area contributed by atoms with Gasteiger partial charge in [-0.15, -0.1) is 0 Å². The highest BCUT2D eigenvalue weighted by Gasteiger charge is 2.19. The van der Waals surface area contributed by atoms with E-state index in [1.54, 1.807) is 0 Å². The summed E-state index contributed by atoms with van der Waals surface area (Å²) in [5.41, 5.74) is 2.71. The number of para-hydroxylation sites is 1. The average molecular weight is 358 g/mol. The van der Waals surface area contributed by atoms with Crippen LogP contribution in [0.25, 0.3) is 21.7 Å². The van der Waals surface area contributed by atoms with Crippen LogP contribution in [0.3, 0.4) is 0 Å². The van der Waals surface area contributed by atoms with Crippen molar-refractivity contribution in [3.05, 3.63) is 72.7 Å². The Morgan fingerprint density at radius 3 is 2.37 bits per heavy atom. The Morgan fingerprint density at radius 1 is 0.889 bits per heavy atom. The summed E-state index contributed by atoms with van der Waals surface area (Å²) in [7, 11) is 0. The zero-order valence-corrected chi connectivity index (χ0v) is 15.8. The van der Waals surface area contributed by atoms with Gasteiger partial charge in [0.2, 0.25) is 0 Å². The highest BCUT2D eigenvalue weighted by Crippen LogP contribution is 2.23. The second-order valence-electron chi connectivity index (χ2n) is 7.98. The van der Waals surface area contributed by atoms with Gasteiger partial charge in [0.25, 0.3) is 0 Å². The third-order valence-electron chi connectivity index (χ3n) is 6.15. The summed E-state index contributed by atoms with van der Waals surface area (Å²) < 4.78 is 2.40. The van der Waals surface area contributed by atoms with E-state index in [0.717, 1.165) is 18.9 Å². The molecule has 1 saturated heterocycles. The number of hydrogen-bond acceptors (Lipinski definition) is 1. The van der Waals surface area contributed by atoms with Crippen LogP contribution in [0, 0.1) is 5.92 Å². The molecule has 1 aliphatic heterocycles. The first-order valence-corrected chi connectivity index (χ1v) is 10.2. The zero-order chi connectivity index (χ0) is 18.1. The second-order valence-corrected chi connectivity index (χ2v) is 7.98. The van der Waals surface area contributed by atoms with E-state index >= 15 is 0 Å². The Morgan fingerprint density at radius 2 is 1.59 bits per heavy atom. The SMILES string of the molecule is c1ccc2cn(CC3CCN(CCc4c[nH]c5ccccc45)CC3)cc2c1. The van der Waals surface area contributed by atoms with Crippen LogP contribution in [0.4, 0.5) is 0 Å². The fraction of sp³-hybridized carbons (Fsp3) is 0.333. The van der Waals surface area contributed by atoms with E-state index in [-0.39, 0.29) is 0 Å². The third-order valence-corrected chi connectivity index (χ3v) is 6.15. The molecule has 0 bridgehead atoms. The van der Waals surface area contributed by atoms with E-state index in [4.69, 9.17) is 0 Å². The van der Waals surface area contributed by atoms with Crippen LogP contribution < -0.4 is 0 Å². The van der Waals surface area contributed by atoms with Gasteiger partial charge in [-0.05, 0) is 60.7 Å². The van der Waals surface area contributed by atoms with Crippen molar-refractivity contribution in [1.29, 1.82) is 0 Å². The van der Waals surface area contributed by atoms with Crippen LogP contribution in [0.5, 0.6) is 0 Å². The maximum atomic E-state index is 3.40. The predicted octanol–water partition coefficient (Wildman–Crippen LogP) is 5.08. The number of benzene rings is 2. The number of nitrogens with one attached hydrogen (secondary N) is 1. The van der Waals surface area contributed by atoms with E-state index in [1.807, 2.05) is 0 Å². The second kappa shape index (κ2) is 7.24. The molecule has 0 aliphatic carbocycles. The van der Waals surface area contributed by atoms with E-state index in [9.17, 15) is 0 Å². The molecule has 2 aromatic heterocycles. The van der Waals surface area contributed by atoms with Gasteiger partial charge in [-0.3, -0.25) is 0 Å². The van der Waals surface area contributed by atoms with Crippen molar-refractivity contribution >= 4 is 21.7 Å². The molecule has 3 heterocycles. The molecular weight excluding hydrogens is 330 g/mol. The number of piperidine rings is 1. The van der Waals surface area contributed by atoms with E-state index in [2.05, 4.69) is 81.6 Å². The summed E-state index contributed by atoms with van der Waals surface area (Å²) in [5, 5.41) is 4.09. The van der Waals surface area contributed by atoms with Crippen molar-refractivity contribution in [2.24, 2.45) is 5.92 Å². The molecule has 5 rings (SSSR count). The fourth-order valence-electron chi connectivity index (χ4n) is 4.55. The number of hydrogen-bond donors (Lipinski definition) is 1. The molecule has 1 N–H and O–H groups in total. The van der Waals surface area contributed by atoms with Gasteiger partial charge in [0.05, 0.1) is 0 Å². The number of likely N-dealkylation sites (tertiary alicyclic amines) is 1. The van der Waals surface area contributed by atoms with Crippen LogP contribution >= 0.6 is 0 Å². The lowest BCUT2D eigenvalue weighted by atomic mass is 9.96. The monoisotopic (exact) mass is 357 g/mol. The molecule has 27 heavy (non-hydrogen) atoms. The van der Waals surface area contributed by atoms with Gasteiger partial charge < -0.3 is 14.5 Å². The van der Waals surface area contributed by atoms with Gasteiger partial charge in [0.15, 0.2) is 0 Å². The Labute approximate surface area is 160 Å². The zero-order valence-electron chi connectivity index (χ0n) is 15.8. The van der Waals surface area contributed by atoms with Gasteiger partial charge in [-0.25, -0.2) is 0 Å². The number of fused-ring (bicyclic) bond motifs is 2. The van der Waals surface area contributed by atoms with Gasteiger partial charge in [-0.2, -0.15) is 0 Å². The first kappa shape index (κ1) is 16.6. The third kappa shape index (κ3) is 3.52. The number of H-pyrrole nitrogens is 1.